The average Bonchev–Trinajstić information content (AvgIpc) is 3.31. The summed E-state index contributed by atoms with van der Waals surface area (Å²) in [5.41, 5.74) is 2.81. The number of hydrogen-bond donors (Lipinski definition) is 1. The van der Waals surface area contributed by atoms with Gasteiger partial charge >= 0.3 is 0 Å². The predicted octanol–water partition coefficient (Wildman–Crippen LogP) is 2.93. The molecule has 6 nitrogen and oxygen atoms in total. The summed E-state index contributed by atoms with van der Waals surface area (Å²) in [4.78, 5) is 27.5. The summed E-state index contributed by atoms with van der Waals surface area (Å²) in [6.07, 6.45) is 0.844. The number of thiophene rings is 1. The molecule has 1 N–H and O–H groups in total. The maximum Gasteiger partial charge on any atom is 0.274 e. The highest BCUT2D eigenvalue weighted by molar-refractivity contribution is 7.12. The molecule has 0 bridgehead atoms. The Labute approximate surface area is 155 Å². The van der Waals surface area contributed by atoms with Gasteiger partial charge in [0.15, 0.2) is 5.69 Å². The van der Waals surface area contributed by atoms with E-state index >= 15 is 0 Å². The molecule has 1 aliphatic heterocycles. The molecule has 2 amide bonds. The highest BCUT2D eigenvalue weighted by Crippen LogP contribution is 2.21. The largest absolute Gasteiger partial charge is 0.333 e. The normalized spacial score (nSPS) is 13.3. The quantitative estimate of drug-likeness (QED) is 0.775. The van der Waals surface area contributed by atoms with E-state index in [0.717, 1.165) is 6.42 Å². The summed E-state index contributed by atoms with van der Waals surface area (Å²) >= 11 is 1.37. The van der Waals surface area contributed by atoms with Gasteiger partial charge < -0.3 is 10.2 Å². The van der Waals surface area contributed by atoms with Crippen molar-refractivity contribution in [2.45, 2.75) is 13.0 Å². The molecule has 0 spiro atoms. The molecular weight excluding hydrogens is 348 g/mol. The van der Waals surface area contributed by atoms with Gasteiger partial charge in [0.05, 0.1) is 4.88 Å². The third-order valence-electron chi connectivity index (χ3n) is 4.50. The van der Waals surface area contributed by atoms with Crippen molar-refractivity contribution in [2.24, 2.45) is 7.05 Å². The van der Waals surface area contributed by atoms with Crippen LogP contribution in [0.4, 0.5) is 5.82 Å². The first-order valence-corrected chi connectivity index (χ1v) is 9.25. The van der Waals surface area contributed by atoms with E-state index in [1.807, 2.05) is 23.6 Å². The second-order valence-corrected chi connectivity index (χ2v) is 7.16. The van der Waals surface area contributed by atoms with Crippen LogP contribution >= 0.6 is 11.3 Å². The summed E-state index contributed by atoms with van der Waals surface area (Å²) in [5, 5.41) is 8.95. The van der Waals surface area contributed by atoms with E-state index in [1.54, 1.807) is 24.1 Å². The Kier molecular flexibility index (Phi) is 4.30. The highest BCUT2D eigenvalue weighted by atomic mass is 32.1. The number of anilines is 1. The van der Waals surface area contributed by atoms with Crippen molar-refractivity contribution in [2.75, 3.05) is 11.9 Å². The van der Waals surface area contributed by atoms with E-state index in [1.165, 1.54) is 27.1 Å². The van der Waals surface area contributed by atoms with Crippen molar-refractivity contribution < 1.29 is 9.59 Å². The maximum absolute atomic E-state index is 12.8. The molecule has 0 unspecified atom stereocenters. The molecule has 0 saturated carbocycles. The summed E-state index contributed by atoms with van der Waals surface area (Å²) in [5.74, 6) is 0.185. The Morgan fingerprint density at radius 3 is 2.73 bits per heavy atom. The van der Waals surface area contributed by atoms with Crippen molar-refractivity contribution in [3.8, 4) is 0 Å². The van der Waals surface area contributed by atoms with Crippen LogP contribution in [-0.2, 0) is 20.0 Å². The van der Waals surface area contributed by atoms with Crippen LogP contribution < -0.4 is 5.32 Å². The molecule has 3 heterocycles. The minimum Gasteiger partial charge on any atom is -0.333 e. The van der Waals surface area contributed by atoms with E-state index < -0.39 is 0 Å². The van der Waals surface area contributed by atoms with Gasteiger partial charge in [0.25, 0.3) is 11.8 Å². The smallest absolute Gasteiger partial charge is 0.274 e. The number of carbonyl (C=O) groups is 2. The Balaban J connectivity index is 1.50. The van der Waals surface area contributed by atoms with Gasteiger partial charge in [-0.05, 0) is 29.0 Å². The fraction of sp³-hybridized carbons (Fsp3) is 0.211. The topological polar surface area (TPSA) is 67.2 Å². The van der Waals surface area contributed by atoms with Crippen LogP contribution in [-0.4, -0.2) is 33.0 Å². The SMILES string of the molecule is Cn1nc(C(=O)N2CCc3ccccc3C2)cc1NC(=O)c1cccs1. The fourth-order valence-corrected chi connectivity index (χ4v) is 3.72. The van der Waals surface area contributed by atoms with E-state index in [0.29, 0.717) is 29.5 Å². The summed E-state index contributed by atoms with van der Waals surface area (Å²) in [6, 6.07) is 13.4. The third-order valence-corrected chi connectivity index (χ3v) is 5.37. The van der Waals surface area contributed by atoms with Crippen LogP contribution in [0.2, 0.25) is 0 Å². The lowest BCUT2D eigenvalue weighted by Crippen LogP contribution is -2.36. The van der Waals surface area contributed by atoms with Crippen LogP contribution in [0.3, 0.4) is 0 Å². The van der Waals surface area contributed by atoms with E-state index in [4.69, 9.17) is 0 Å². The van der Waals surface area contributed by atoms with Crippen LogP contribution in [0, 0.1) is 0 Å². The lowest BCUT2D eigenvalue weighted by atomic mass is 10.00. The monoisotopic (exact) mass is 366 g/mol. The lowest BCUT2D eigenvalue weighted by Gasteiger charge is -2.28. The minimum atomic E-state index is -0.200. The first-order chi connectivity index (χ1) is 12.6. The van der Waals surface area contributed by atoms with Gasteiger partial charge in [-0.1, -0.05) is 30.3 Å². The Hall–Kier alpha value is -2.93. The predicted molar refractivity (Wildman–Crippen MR) is 100 cm³/mol. The summed E-state index contributed by atoms with van der Waals surface area (Å²) in [7, 11) is 1.71. The minimum absolute atomic E-state index is 0.119. The van der Waals surface area contributed by atoms with Crippen LogP contribution in [0.5, 0.6) is 0 Å². The van der Waals surface area contributed by atoms with Gasteiger partial charge in [-0.3, -0.25) is 14.3 Å². The third kappa shape index (κ3) is 3.13. The van der Waals surface area contributed by atoms with Crippen molar-refractivity contribution in [3.05, 3.63) is 69.5 Å². The summed E-state index contributed by atoms with van der Waals surface area (Å²) in [6.45, 7) is 1.26. The number of fused-ring (bicyclic) bond motifs is 1. The van der Waals surface area contributed by atoms with Crippen LogP contribution in [0.1, 0.15) is 31.3 Å². The van der Waals surface area contributed by atoms with E-state index in [-0.39, 0.29) is 11.8 Å². The molecule has 7 heteroatoms. The molecule has 26 heavy (non-hydrogen) atoms. The first-order valence-electron chi connectivity index (χ1n) is 8.37. The van der Waals surface area contributed by atoms with E-state index in [2.05, 4.69) is 22.5 Å². The van der Waals surface area contributed by atoms with Gasteiger partial charge in [0.1, 0.15) is 5.82 Å². The van der Waals surface area contributed by atoms with Crippen molar-refractivity contribution in [1.29, 1.82) is 0 Å². The molecule has 1 aliphatic rings. The first kappa shape index (κ1) is 16.5. The van der Waals surface area contributed by atoms with Crippen LogP contribution in [0.15, 0.2) is 47.8 Å². The van der Waals surface area contributed by atoms with Gasteiger partial charge in [-0.25, -0.2) is 0 Å². The van der Waals surface area contributed by atoms with Gasteiger partial charge in [0, 0.05) is 26.2 Å². The number of aryl methyl sites for hydroxylation is 1. The zero-order valence-electron chi connectivity index (χ0n) is 14.3. The molecule has 0 radical (unpaired) electrons. The second-order valence-electron chi connectivity index (χ2n) is 6.22. The lowest BCUT2D eigenvalue weighted by molar-refractivity contribution is 0.0727. The number of nitrogens with one attached hydrogen (secondary N) is 1. The number of aromatic nitrogens is 2. The number of benzene rings is 1. The number of amides is 2. The summed E-state index contributed by atoms with van der Waals surface area (Å²) < 4.78 is 1.52. The highest BCUT2D eigenvalue weighted by Gasteiger charge is 2.24. The molecule has 3 aromatic rings. The number of hydrogen-bond acceptors (Lipinski definition) is 4. The van der Waals surface area contributed by atoms with E-state index in [9.17, 15) is 9.59 Å². The standard InChI is InChI=1S/C19H18N4O2S/c1-22-17(20-18(24)16-7-4-10-26-16)11-15(21-22)19(25)23-9-8-13-5-2-3-6-14(13)12-23/h2-7,10-11H,8-9,12H2,1H3,(H,20,24). The Morgan fingerprint density at radius 2 is 1.96 bits per heavy atom. The molecule has 1 aromatic carbocycles. The van der Waals surface area contributed by atoms with Crippen molar-refractivity contribution in [1.82, 2.24) is 14.7 Å². The average molecular weight is 366 g/mol. The number of carbonyl (C=O) groups excluding carboxylic acids is 2. The molecule has 0 fully saturated rings. The van der Waals surface area contributed by atoms with Gasteiger partial charge in [-0.15, -0.1) is 11.3 Å². The molecule has 0 saturated heterocycles. The Morgan fingerprint density at radius 1 is 1.15 bits per heavy atom. The molecule has 0 atom stereocenters. The molecule has 132 valence electrons. The number of nitrogens with zero attached hydrogens (tertiary/aromatic N) is 3. The fourth-order valence-electron chi connectivity index (χ4n) is 3.11. The second kappa shape index (κ2) is 6.76. The molecular formula is C19H18N4O2S. The molecule has 4 rings (SSSR count). The molecule has 0 aliphatic carbocycles. The van der Waals surface area contributed by atoms with Crippen LogP contribution in [0.25, 0.3) is 0 Å². The maximum atomic E-state index is 12.8. The number of rotatable bonds is 3. The van der Waals surface area contributed by atoms with Crippen molar-refractivity contribution in [3.63, 3.8) is 0 Å². The van der Waals surface area contributed by atoms with Crippen molar-refractivity contribution >= 4 is 29.0 Å². The van der Waals surface area contributed by atoms with Gasteiger partial charge in [0.2, 0.25) is 0 Å². The Bertz CT molecular complexity index is 962. The van der Waals surface area contributed by atoms with Gasteiger partial charge in [-0.2, -0.15) is 5.10 Å². The zero-order valence-corrected chi connectivity index (χ0v) is 15.1. The zero-order chi connectivity index (χ0) is 18.1. The molecule has 2 aromatic heterocycles.